The van der Waals surface area contributed by atoms with Crippen LogP contribution in [0.5, 0.6) is 0 Å². The van der Waals surface area contributed by atoms with E-state index in [0.717, 1.165) is 13.1 Å². The Kier molecular flexibility index (Phi) is 2.87. The van der Waals surface area contributed by atoms with Crippen LogP contribution in [0.15, 0.2) is 0 Å². The third kappa shape index (κ3) is 2.39. The minimum absolute atomic E-state index is 0.110. The van der Waals surface area contributed by atoms with Crippen molar-refractivity contribution in [1.82, 2.24) is 0 Å². The molecule has 0 radical (unpaired) electrons. The lowest BCUT2D eigenvalue weighted by Gasteiger charge is -2.13. The van der Waals surface area contributed by atoms with Gasteiger partial charge in [0.05, 0.1) is 26.3 Å². The third-order valence-electron chi connectivity index (χ3n) is 1.62. The highest BCUT2D eigenvalue weighted by molar-refractivity contribution is 5.75. The van der Waals surface area contributed by atoms with Gasteiger partial charge in [-0.2, -0.15) is 4.99 Å². The van der Waals surface area contributed by atoms with Crippen LogP contribution in [0, 0.1) is 0 Å². The summed E-state index contributed by atoms with van der Waals surface area (Å²) in [7, 11) is 0. The summed E-state index contributed by atoms with van der Waals surface area (Å²) in [6, 6.07) is 0. The van der Waals surface area contributed by atoms with Crippen LogP contribution >= 0.6 is 0 Å². The molecule has 0 unspecified atom stereocenters. The summed E-state index contributed by atoms with van der Waals surface area (Å²) in [5.74, 6) is 0.595. The minimum Gasteiger partial charge on any atom is -0.374 e. The van der Waals surface area contributed by atoms with Gasteiger partial charge in [-0.3, -0.25) is 17.2 Å². The zero-order valence-corrected chi connectivity index (χ0v) is 6.92. The largest absolute Gasteiger partial charge is 0.387 e. The third-order valence-corrected chi connectivity index (χ3v) is 1.62. The summed E-state index contributed by atoms with van der Waals surface area (Å²) in [5, 5.41) is 0. The first-order chi connectivity index (χ1) is 5.70. The zero-order chi connectivity index (χ0) is 8.97. The fraction of sp³-hybridized carbons (Fsp3) is 0.667. The lowest BCUT2D eigenvalue weighted by atomic mass is 10.5. The summed E-state index contributed by atoms with van der Waals surface area (Å²) < 4.78 is 7.08. The van der Waals surface area contributed by atoms with Crippen molar-refractivity contribution in [1.29, 1.82) is 0 Å². The fourth-order valence-corrected chi connectivity index (χ4v) is 1.03. The monoisotopic (exact) mass is 173 g/mol. The summed E-state index contributed by atoms with van der Waals surface area (Å²) in [4.78, 5) is 2.65. The molecule has 7 N–H and O–H groups in total. The molecule has 6 nitrogen and oxygen atoms in total. The molecule has 0 aliphatic carbocycles. The van der Waals surface area contributed by atoms with E-state index in [0.29, 0.717) is 19.2 Å². The van der Waals surface area contributed by atoms with Crippen LogP contribution in [0.4, 0.5) is 0 Å². The van der Waals surface area contributed by atoms with E-state index in [2.05, 4.69) is 4.99 Å². The first-order valence-electron chi connectivity index (χ1n) is 3.80. The fourth-order valence-electron chi connectivity index (χ4n) is 1.03. The number of nitrogens with one attached hydrogen (secondary N) is 1. The summed E-state index contributed by atoms with van der Waals surface area (Å²) in [6.45, 7) is 2.91. The summed E-state index contributed by atoms with van der Waals surface area (Å²) in [5.41, 5.74) is 16.1. The molecule has 6 heteroatoms. The number of nitrogens with zero attached hydrogens (tertiary/aromatic N) is 1. The second kappa shape index (κ2) is 3.91. The molecule has 0 aromatic rings. The van der Waals surface area contributed by atoms with Crippen LogP contribution in [0.2, 0.25) is 0 Å². The van der Waals surface area contributed by atoms with Crippen molar-refractivity contribution in [3.05, 3.63) is 0 Å². The molecular formula is C6H15N5O+2. The van der Waals surface area contributed by atoms with Crippen LogP contribution in [-0.2, 0) is 4.74 Å². The first-order valence-corrected chi connectivity index (χ1v) is 3.80. The molecule has 68 valence electrons. The van der Waals surface area contributed by atoms with Crippen molar-refractivity contribution >= 4 is 11.9 Å². The Morgan fingerprint density at radius 3 is 2.25 bits per heavy atom. The average Bonchev–Trinajstić information content (AvgIpc) is 2.05. The molecule has 1 rings (SSSR count). The molecule has 12 heavy (non-hydrogen) atoms. The molecule has 0 spiro atoms. The molecule has 0 saturated carbocycles. The van der Waals surface area contributed by atoms with Crippen molar-refractivity contribution in [2.75, 3.05) is 26.3 Å². The van der Waals surface area contributed by atoms with E-state index < -0.39 is 0 Å². The maximum Gasteiger partial charge on any atom is 0.387 e. The lowest BCUT2D eigenvalue weighted by molar-refractivity contribution is -0.590. The van der Waals surface area contributed by atoms with Crippen molar-refractivity contribution in [2.45, 2.75) is 0 Å². The van der Waals surface area contributed by atoms with Crippen LogP contribution in [0.1, 0.15) is 0 Å². The lowest BCUT2D eigenvalue weighted by Crippen LogP contribution is -2.86. The Hall–Kier alpha value is -1.30. The molecule has 0 bridgehead atoms. The van der Waals surface area contributed by atoms with E-state index in [1.54, 1.807) is 0 Å². The molecule has 1 fully saturated rings. The number of ether oxygens (including phenoxy) is 1. The normalized spacial score (nSPS) is 17.2. The van der Waals surface area contributed by atoms with Gasteiger partial charge in [0.1, 0.15) is 0 Å². The van der Waals surface area contributed by atoms with E-state index in [4.69, 9.17) is 21.9 Å². The van der Waals surface area contributed by atoms with Gasteiger partial charge in [0.2, 0.25) is 0 Å². The van der Waals surface area contributed by atoms with Crippen molar-refractivity contribution in [3.63, 3.8) is 0 Å². The van der Waals surface area contributed by atoms with E-state index in [1.807, 2.05) is 4.58 Å². The number of rotatable bonds is 0. The Morgan fingerprint density at radius 1 is 1.17 bits per heavy atom. The van der Waals surface area contributed by atoms with Gasteiger partial charge < -0.3 is 4.74 Å². The van der Waals surface area contributed by atoms with E-state index in [9.17, 15) is 0 Å². The minimum atomic E-state index is 0.110. The van der Waals surface area contributed by atoms with Gasteiger partial charge in [0.25, 0.3) is 0 Å². The van der Waals surface area contributed by atoms with Gasteiger partial charge in [-0.05, 0) is 0 Å². The van der Waals surface area contributed by atoms with Gasteiger partial charge in [0, 0.05) is 0 Å². The standard InChI is InChI=1S/C6H13N5O/c7-5(8)10-6(9)11-1-3-12-4-2-11/h1-4H2,(H5,7,8,9,10)/p+2. The zero-order valence-electron chi connectivity index (χ0n) is 6.92. The second-order valence-electron chi connectivity index (χ2n) is 2.57. The average molecular weight is 173 g/mol. The molecule has 0 aromatic heterocycles. The van der Waals surface area contributed by atoms with Crippen LogP contribution < -0.4 is 22.2 Å². The SMILES string of the molecule is NC(N)=[NH+]C(N)=[N+]1CCOCC1. The molecule has 0 atom stereocenters. The molecular weight excluding hydrogens is 158 g/mol. The maximum absolute atomic E-state index is 5.64. The molecule has 1 heterocycles. The second-order valence-corrected chi connectivity index (χ2v) is 2.57. The van der Waals surface area contributed by atoms with Crippen LogP contribution in [0.25, 0.3) is 0 Å². The molecule has 1 aliphatic heterocycles. The van der Waals surface area contributed by atoms with Gasteiger partial charge in [0.15, 0.2) is 0 Å². The van der Waals surface area contributed by atoms with Gasteiger partial charge in [-0.15, -0.1) is 0 Å². The smallest absolute Gasteiger partial charge is 0.374 e. The number of morpholine rings is 1. The topological polar surface area (TPSA) is 104 Å². The summed E-state index contributed by atoms with van der Waals surface area (Å²) in [6.07, 6.45) is 0. The number of guanidine groups is 2. The van der Waals surface area contributed by atoms with E-state index >= 15 is 0 Å². The molecule has 0 aromatic carbocycles. The highest BCUT2D eigenvalue weighted by Gasteiger charge is 2.12. The number of hydrogen-bond acceptors (Lipinski definition) is 1. The van der Waals surface area contributed by atoms with Crippen LogP contribution in [-0.4, -0.2) is 42.8 Å². The molecule has 1 aliphatic rings. The quantitative estimate of drug-likeness (QED) is 0.169. The Morgan fingerprint density at radius 2 is 1.75 bits per heavy atom. The molecule has 1 saturated heterocycles. The Bertz CT molecular complexity index is 210. The van der Waals surface area contributed by atoms with Crippen molar-refractivity contribution < 1.29 is 14.3 Å². The predicted molar refractivity (Wildman–Crippen MR) is 44.4 cm³/mol. The highest BCUT2D eigenvalue weighted by Crippen LogP contribution is 1.86. The van der Waals surface area contributed by atoms with Crippen LogP contribution in [0.3, 0.4) is 0 Å². The summed E-state index contributed by atoms with van der Waals surface area (Å²) >= 11 is 0. The predicted octanol–water partition coefficient (Wildman–Crippen LogP) is -4.30. The maximum atomic E-state index is 5.64. The van der Waals surface area contributed by atoms with Crippen molar-refractivity contribution in [3.8, 4) is 0 Å². The van der Waals surface area contributed by atoms with E-state index in [1.165, 1.54) is 0 Å². The van der Waals surface area contributed by atoms with Crippen molar-refractivity contribution in [2.24, 2.45) is 17.2 Å². The Balaban J connectivity index is 2.67. The molecule has 0 amide bonds. The van der Waals surface area contributed by atoms with Gasteiger partial charge in [-0.1, -0.05) is 0 Å². The first kappa shape index (κ1) is 8.79. The highest BCUT2D eigenvalue weighted by atomic mass is 16.5. The van der Waals surface area contributed by atoms with Gasteiger partial charge in [-0.25, -0.2) is 4.58 Å². The van der Waals surface area contributed by atoms with E-state index in [-0.39, 0.29) is 5.96 Å². The number of hydrogen-bond donors (Lipinski definition) is 4. The van der Waals surface area contributed by atoms with Gasteiger partial charge >= 0.3 is 11.9 Å². The Labute approximate surface area is 70.7 Å². The number of nitrogens with two attached hydrogens (primary N) is 3.